The van der Waals surface area contributed by atoms with Crippen molar-refractivity contribution >= 4 is 53.3 Å². The summed E-state index contributed by atoms with van der Waals surface area (Å²) < 4.78 is 93.5. The van der Waals surface area contributed by atoms with Gasteiger partial charge in [0.25, 0.3) is 0 Å². The lowest BCUT2D eigenvalue weighted by molar-refractivity contribution is -0.143. The Balaban J connectivity index is 1.45. The number of fused-ring (bicyclic) bond motifs is 3. The van der Waals surface area contributed by atoms with Crippen molar-refractivity contribution in [3.63, 3.8) is 0 Å². The topological polar surface area (TPSA) is 96.3 Å². The van der Waals surface area contributed by atoms with Crippen LogP contribution in [0.3, 0.4) is 0 Å². The summed E-state index contributed by atoms with van der Waals surface area (Å²) in [6.07, 6.45) is -7.64. The summed E-state index contributed by atoms with van der Waals surface area (Å²) >= 11 is 1.99. The molecule has 2 N–H and O–H groups in total. The number of hydrogen-bond acceptors (Lipinski definition) is 6. The number of anilines is 1. The van der Waals surface area contributed by atoms with E-state index >= 15 is 0 Å². The molecular formula is C32H31BF6INO6. The van der Waals surface area contributed by atoms with Crippen molar-refractivity contribution in [2.75, 3.05) is 12.0 Å². The van der Waals surface area contributed by atoms with E-state index in [1.54, 1.807) is 12.1 Å². The molecule has 5 rings (SSSR count). The lowest BCUT2D eigenvalue weighted by Crippen LogP contribution is -2.46. The molecular weight excluding hydrogens is 746 g/mol. The van der Waals surface area contributed by atoms with Crippen LogP contribution in [0.4, 0.5) is 32.0 Å². The zero-order valence-corrected chi connectivity index (χ0v) is 27.7. The highest BCUT2D eigenvalue weighted by Gasteiger charge is 2.57. The van der Waals surface area contributed by atoms with Crippen molar-refractivity contribution in [1.29, 1.82) is 0 Å². The number of phenols is 1. The molecule has 0 unspecified atom stereocenters. The predicted octanol–water partition coefficient (Wildman–Crippen LogP) is 7.64. The van der Waals surface area contributed by atoms with Crippen LogP contribution < -0.4 is 9.64 Å². The predicted molar refractivity (Wildman–Crippen MR) is 169 cm³/mol. The van der Waals surface area contributed by atoms with E-state index in [2.05, 4.69) is 0 Å². The van der Waals surface area contributed by atoms with Crippen LogP contribution in [0.5, 0.6) is 11.5 Å². The quantitative estimate of drug-likeness (QED) is 0.0988. The number of aromatic hydroxyl groups is 1. The molecule has 1 aliphatic carbocycles. The third-order valence-corrected chi connectivity index (χ3v) is 9.87. The summed E-state index contributed by atoms with van der Waals surface area (Å²) in [5.41, 5.74) is -0.763. The number of amides is 2. The number of carbonyl (C=O) groups is 2. The Kier molecular flexibility index (Phi) is 9.83. The minimum Gasteiger partial charge on any atom is -0.504 e. The fourth-order valence-corrected chi connectivity index (χ4v) is 7.60. The van der Waals surface area contributed by atoms with Crippen molar-refractivity contribution < 1.29 is 55.5 Å². The van der Waals surface area contributed by atoms with Gasteiger partial charge in [0.1, 0.15) is 0 Å². The minimum absolute atomic E-state index is 0.0283. The number of allylic oxidation sites excluding steroid dienone is 2. The third-order valence-electron chi connectivity index (χ3n) is 9.05. The summed E-state index contributed by atoms with van der Waals surface area (Å²) in [4.78, 5) is 28.0. The highest BCUT2D eigenvalue weighted by molar-refractivity contribution is 14.1. The second kappa shape index (κ2) is 13.1. The van der Waals surface area contributed by atoms with Gasteiger partial charge in [0.05, 0.1) is 45.4 Å². The standard InChI is InChI=1S/C32H31BF6INO6/c1-4-17-10-21-27(30(44)41(29(21)43)20-12-18(31(34,35)36)11-19(13-20)32(37,38)39)22-14-33(45)47-24(26(17)22)6-5-15(2)7-16-8-23(40)28(42)25(9-16)46-3/h7-9,11-13,21-22,24,27,42,45H,4-6,10,14H2,1-3H3/b15-7+/t21-,22+,24-,27-/m1/s1. The molecule has 0 bridgehead atoms. The first-order valence-corrected chi connectivity index (χ1v) is 16.0. The van der Waals surface area contributed by atoms with Gasteiger partial charge in [0.15, 0.2) is 11.5 Å². The molecule has 0 spiro atoms. The first-order valence-electron chi connectivity index (χ1n) is 14.9. The summed E-state index contributed by atoms with van der Waals surface area (Å²) in [7, 11) is 0.142. The van der Waals surface area contributed by atoms with Gasteiger partial charge in [-0.1, -0.05) is 24.1 Å². The largest absolute Gasteiger partial charge is 0.504 e. The van der Waals surface area contributed by atoms with Gasteiger partial charge >= 0.3 is 19.5 Å². The maximum atomic E-state index is 13.9. The number of benzene rings is 2. The smallest absolute Gasteiger partial charge is 0.455 e. The number of alkyl halides is 6. The van der Waals surface area contributed by atoms with E-state index in [1.165, 1.54) is 7.11 Å². The molecule has 2 fully saturated rings. The van der Waals surface area contributed by atoms with Crippen LogP contribution in [0.15, 0.2) is 47.1 Å². The van der Waals surface area contributed by atoms with Gasteiger partial charge < -0.3 is 19.5 Å². The summed E-state index contributed by atoms with van der Waals surface area (Å²) in [5, 5.41) is 20.9. The fraction of sp³-hybridized carbons (Fsp3) is 0.438. The van der Waals surface area contributed by atoms with E-state index in [9.17, 15) is 46.1 Å². The van der Waals surface area contributed by atoms with Crippen molar-refractivity contribution in [2.45, 2.75) is 64.3 Å². The zero-order chi connectivity index (χ0) is 34.6. The molecule has 3 aliphatic rings. The minimum atomic E-state index is -5.16. The molecule has 47 heavy (non-hydrogen) atoms. The molecule has 0 saturated carbocycles. The molecule has 252 valence electrons. The van der Waals surface area contributed by atoms with Crippen LogP contribution in [0.25, 0.3) is 6.08 Å². The van der Waals surface area contributed by atoms with E-state index in [4.69, 9.17) is 9.39 Å². The number of ether oxygens (including phenoxy) is 1. The van der Waals surface area contributed by atoms with Crippen LogP contribution in [0.2, 0.25) is 6.32 Å². The highest BCUT2D eigenvalue weighted by atomic mass is 127. The van der Waals surface area contributed by atoms with E-state index in [0.29, 0.717) is 45.6 Å². The van der Waals surface area contributed by atoms with Crippen LogP contribution in [-0.2, 0) is 26.6 Å². The van der Waals surface area contributed by atoms with Gasteiger partial charge in [0, 0.05) is 0 Å². The Hall–Kier alpha value is -3.05. The Morgan fingerprint density at radius 3 is 2.28 bits per heavy atom. The van der Waals surface area contributed by atoms with Gasteiger partial charge in [-0.25, -0.2) is 4.90 Å². The molecule has 7 nitrogen and oxygen atoms in total. The van der Waals surface area contributed by atoms with Crippen molar-refractivity contribution in [3.05, 3.63) is 67.3 Å². The van der Waals surface area contributed by atoms with Crippen molar-refractivity contribution in [2.24, 2.45) is 17.8 Å². The van der Waals surface area contributed by atoms with E-state index in [-0.39, 0.29) is 24.6 Å². The van der Waals surface area contributed by atoms with Gasteiger partial charge in [-0.05, 0) is 109 Å². The highest BCUT2D eigenvalue weighted by Crippen LogP contribution is 2.52. The normalized spacial score (nSPS) is 23.8. The molecule has 2 saturated heterocycles. The van der Waals surface area contributed by atoms with E-state index in [1.807, 2.05) is 42.5 Å². The lowest BCUT2D eigenvalue weighted by Gasteiger charge is -2.43. The summed E-state index contributed by atoms with van der Waals surface area (Å²) in [6, 6.07) is 4.20. The maximum Gasteiger partial charge on any atom is 0.455 e. The SMILES string of the molecule is CCC1=C2[C@@H](CC/C(C)=C/c3cc(I)c(O)c(OC)c3)OB(O)C[C@@H]2[C@@H]2C(=O)N(c3cc(C(F)(F)F)cc(C(F)(F)F)c3)C(=O)[C@@H]2C1. The van der Waals surface area contributed by atoms with Crippen LogP contribution in [-0.4, -0.2) is 42.3 Å². The van der Waals surface area contributed by atoms with Crippen molar-refractivity contribution in [1.82, 2.24) is 0 Å². The number of carbonyl (C=O) groups excluding carboxylic acids is 2. The summed E-state index contributed by atoms with van der Waals surface area (Å²) in [5.74, 6) is -4.20. The molecule has 2 amide bonds. The van der Waals surface area contributed by atoms with Crippen LogP contribution in [0, 0.1) is 21.3 Å². The maximum absolute atomic E-state index is 13.9. The van der Waals surface area contributed by atoms with Crippen LogP contribution >= 0.6 is 22.6 Å². The number of rotatable bonds is 7. The van der Waals surface area contributed by atoms with Gasteiger partial charge in [-0.15, -0.1) is 0 Å². The molecule has 2 heterocycles. The average molecular weight is 777 g/mol. The number of phenolic OH excluding ortho intramolecular Hbond substituents is 1. The number of halogens is 7. The van der Waals surface area contributed by atoms with Crippen molar-refractivity contribution in [3.8, 4) is 11.5 Å². The molecule has 15 heteroatoms. The second-order valence-electron chi connectivity index (χ2n) is 12.0. The average Bonchev–Trinajstić information content (AvgIpc) is 3.24. The number of imide groups is 1. The monoisotopic (exact) mass is 777 g/mol. The molecule has 0 aromatic heterocycles. The van der Waals surface area contributed by atoms with Gasteiger partial charge in [-0.2, -0.15) is 26.3 Å². The van der Waals surface area contributed by atoms with E-state index < -0.39 is 72.0 Å². The lowest BCUT2D eigenvalue weighted by atomic mass is 9.58. The zero-order valence-electron chi connectivity index (χ0n) is 25.5. The molecule has 0 radical (unpaired) electrons. The Morgan fingerprint density at radius 1 is 1.06 bits per heavy atom. The first-order chi connectivity index (χ1) is 21.9. The fourth-order valence-electron chi connectivity index (χ4n) is 6.97. The van der Waals surface area contributed by atoms with Gasteiger partial charge in [0.2, 0.25) is 11.8 Å². The summed E-state index contributed by atoms with van der Waals surface area (Å²) in [6.45, 7) is 3.75. The van der Waals surface area contributed by atoms with Gasteiger partial charge in [-0.3, -0.25) is 9.59 Å². The molecule has 2 aromatic rings. The molecule has 4 atom stereocenters. The van der Waals surface area contributed by atoms with Crippen LogP contribution in [0.1, 0.15) is 56.2 Å². The second-order valence-corrected chi connectivity index (χ2v) is 13.2. The Bertz CT molecular complexity index is 1630. The Morgan fingerprint density at radius 2 is 1.70 bits per heavy atom. The Labute approximate surface area is 280 Å². The number of hydrogen-bond donors (Lipinski definition) is 2. The molecule has 2 aromatic carbocycles. The first kappa shape index (κ1) is 35.3. The third kappa shape index (κ3) is 6.93. The van der Waals surface area contributed by atoms with E-state index in [0.717, 1.165) is 22.3 Å². The molecule has 2 aliphatic heterocycles. The number of methoxy groups -OCH3 is 1. The number of nitrogens with zero attached hydrogens (tertiary/aromatic N) is 1.